The lowest BCUT2D eigenvalue weighted by molar-refractivity contribution is 0.0697. The zero-order valence-corrected chi connectivity index (χ0v) is 16.3. The molecular formula is C23H23FN4O. The molecular weight excluding hydrogens is 367 g/mol. The van der Waals surface area contributed by atoms with Gasteiger partial charge in [0.05, 0.1) is 5.69 Å². The fourth-order valence-corrected chi connectivity index (χ4v) is 3.47. The van der Waals surface area contributed by atoms with Crippen molar-refractivity contribution >= 4 is 17.4 Å². The molecule has 0 spiro atoms. The summed E-state index contributed by atoms with van der Waals surface area (Å²) in [5.74, 6) is 0.992. The van der Waals surface area contributed by atoms with Gasteiger partial charge in [0.25, 0.3) is 5.91 Å². The highest BCUT2D eigenvalue weighted by atomic mass is 19.1. The molecule has 2 aromatic carbocycles. The Bertz CT molecular complexity index is 998. The van der Waals surface area contributed by atoms with Crippen LogP contribution in [0, 0.1) is 11.7 Å². The van der Waals surface area contributed by atoms with Gasteiger partial charge in [-0.1, -0.05) is 25.1 Å². The molecule has 4 rings (SSSR count). The molecule has 0 saturated carbocycles. The van der Waals surface area contributed by atoms with Crippen LogP contribution in [-0.2, 0) is 0 Å². The zero-order chi connectivity index (χ0) is 20.2. The average Bonchev–Trinajstić information content (AvgIpc) is 2.74. The highest BCUT2D eigenvalue weighted by molar-refractivity contribution is 5.95. The Hall–Kier alpha value is -3.28. The van der Waals surface area contributed by atoms with E-state index in [0.29, 0.717) is 28.6 Å². The number of aromatic nitrogens is 2. The van der Waals surface area contributed by atoms with Crippen LogP contribution in [0.3, 0.4) is 0 Å². The van der Waals surface area contributed by atoms with Crippen LogP contribution in [0.2, 0.25) is 0 Å². The van der Waals surface area contributed by atoms with Gasteiger partial charge < -0.3 is 10.2 Å². The quantitative estimate of drug-likeness (QED) is 0.688. The first-order valence-electron chi connectivity index (χ1n) is 9.84. The summed E-state index contributed by atoms with van der Waals surface area (Å²) in [7, 11) is 0. The predicted molar refractivity (Wildman–Crippen MR) is 111 cm³/mol. The van der Waals surface area contributed by atoms with Crippen LogP contribution in [0.25, 0.3) is 11.3 Å². The fourth-order valence-electron chi connectivity index (χ4n) is 3.47. The second kappa shape index (κ2) is 8.39. The summed E-state index contributed by atoms with van der Waals surface area (Å²) in [6.07, 6.45) is 2.11. The lowest BCUT2D eigenvalue weighted by Gasteiger charge is -2.30. The summed E-state index contributed by atoms with van der Waals surface area (Å²) in [6, 6.07) is 17.2. The maximum absolute atomic E-state index is 13.4. The number of amides is 1. The van der Waals surface area contributed by atoms with Crippen molar-refractivity contribution in [1.29, 1.82) is 0 Å². The number of rotatable bonds is 4. The number of piperidine rings is 1. The average molecular weight is 390 g/mol. The van der Waals surface area contributed by atoms with Crippen molar-refractivity contribution in [3.05, 3.63) is 72.0 Å². The molecule has 1 aliphatic heterocycles. The number of hydrogen-bond acceptors (Lipinski definition) is 4. The molecule has 6 heteroatoms. The molecule has 5 nitrogen and oxygen atoms in total. The Kier molecular flexibility index (Phi) is 5.51. The number of carbonyl (C=O) groups excluding carboxylic acids is 1. The summed E-state index contributed by atoms with van der Waals surface area (Å²) in [5, 5.41) is 11.5. The number of likely N-dealkylation sites (tertiary alicyclic amines) is 1. The molecule has 0 bridgehead atoms. The molecule has 3 aromatic rings. The van der Waals surface area contributed by atoms with Crippen LogP contribution >= 0.6 is 0 Å². The second-order valence-electron chi connectivity index (χ2n) is 7.49. The molecule has 1 saturated heterocycles. The summed E-state index contributed by atoms with van der Waals surface area (Å²) >= 11 is 0. The molecule has 148 valence electrons. The van der Waals surface area contributed by atoms with Gasteiger partial charge in [-0.2, -0.15) is 0 Å². The third kappa shape index (κ3) is 4.59. The summed E-state index contributed by atoms with van der Waals surface area (Å²) in [4.78, 5) is 14.7. The fraction of sp³-hybridized carbons (Fsp3) is 0.261. The number of benzene rings is 2. The van der Waals surface area contributed by atoms with Crippen molar-refractivity contribution in [3.63, 3.8) is 0 Å². The van der Waals surface area contributed by atoms with Crippen LogP contribution in [0.1, 0.15) is 30.1 Å². The molecule has 1 amide bonds. The SMILES string of the molecule is CC1CCN(C(=O)c2cccc(Nc3ccc(-c4cccc(F)c4)nn3)c2)CC1. The summed E-state index contributed by atoms with van der Waals surface area (Å²) in [5.41, 5.74) is 2.70. The normalized spacial score (nSPS) is 14.6. The standard InChI is InChI=1S/C23H23FN4O/c1-16-10-12-28(13-11-16)23(29)18-5-3-7-20(15-18)25-22-9-8-21(26-27-22)17-4-2-6-19(24)14-17/h2-9,14-16H,10-13H2,1H3,(H,25,27). The van der Waals surface area contributed by atoms with Crippen molar-refractivity contribution in [1.82, 2.24) is 15.1 Å². The Morgan fingerprint density at radius 2 is 1.83 bits per heavy atom. The number of anilines is 2. The second-order valence-corrected chi connectivity index (χ2v) is 7.49. The molecule has 0 radical (unpaired) electrons. The number of hydrogen-bond donors (Lipinski definition) is 1. The Labute approximate surface area is 169 Å². The van der Waals surface area contributed by atoms with Crippen molar-refractivity contribution in [2.75, 3.05) is 18.4 Å². The number of carbonyl (C=O) groups is 1. The maximum Gasteiger partial charge on any atom is 0.253 e. The molecule has 0 atom stereocenters. The summed E-state index contributed by atoms with van der Waals surface area (Å²) in [6.45, 7) is 3.85. The van der Waals surface area contributed by atoms with E-state index in [0.717, 1.165) is 31.6 Å². The van der Waals surface area contributed by atoms with Gasteiger partial charge in [0.2, 0.25) is 0 Å². The van der Waals surface area contributed by atoms with Crippen molar-refractivity contribution < 1.29 is 9.18 Å². The first-order chi connectivity index (χ1) is 14.1. The molecule has 29 heavy (non-hydrogen) atoms. The van der Waals surface area contributed by atoms with Gasteiger partial charge in [-0.25, -0.2) is 4.39 Å². The van der Waals surface area contributed by atoms with Gasteiger partial charge in [0, 0.05) is 29.9 Å². The van der Waals surface area contributed by atoms with Crippen molar-refractivity contribution in [3.8, 4) is 11.3 Å². The Balaban J connectivity index is 1.46. The largest absolute Gasteiger partial charge is 0.339 e. The number of nitrogens with zero attached hydrogens (tertiary/aromatic N) is 3. The van der Waals surface area contributed by atoms with E-state index in [2.05, 4.69) is 22.4 Å². The van der Waals surface area contributed by atoms with Gasteiger partial charge in [-0.3, -0.25) is 4.79 Å². The topological polar surface area (TPSA) is 58.1 Å². The molecule has 1 fully saturated rings. The van der Waals surface area contributed by atoms with E-state index < -0.39 is 0 Å². The Morgan fingerprint density at radius 3 is 2.55 bits per heavy atom. The minimum Gasteiger partial charge on any atom is -0.339 e. The first kappa shape index (κ1) is 19.1. The number of nitrogens with one attached hydrogen (secondary N) is 1. The van der Waals surface area contributed by atoms with Crippen LogP contribution in [-0.4, -0.2) is 34.1 Å². The lowest BCUT2D eigenvalue weighted by Crippen LogP contribution is -2.37. The van der Waals surface area contributed by atoms with Gasteiger partial charge in [0.15, 0.2) is 5.82 Å². The molecule has 0 aliphatic carbocycles. The van der Waals surface area contributed by atoms with Gasteiger partial charge in [-0.05, 0) is 61.2 Å². The minimum absolute atomic E-state index is 0.0630. The highest BCUT2D eigenvalue weighted by Crippen LogP contribution is 2.22. The molecule has 1 N–H and O–H groups in total. The van der Waals surface area contributed by atoms with E-state index >= 15 is 0 Å². The maximum atomic E-state index is 13.4. The molecule has 2 heterocycles. The van der Waals surface area contributed by atoms with Crippen molar-refractivity contribution in [2.45, 2.75) is 19.8 Å². The van der Waals surface area contributed by atoms with E-state index in [4.69, 9.17) is 0 Å². The van der Waals surface area contributed by atoms with E-state index in [1.807, 2.05) is 29.2 Å². The van der Waals surface area contributed by atoms with Crippen molar-refractivity contribution in [2.24, 2.45) is 5.92 Å². The molecule has 1 aromatic heterocycles. The van der Waals surface area contributed by atoms with E-state index in [1.54, 1.807) is 24.3 Å². The van der Waals surface area contributed by atoms with Gasteiger partial charge in [-0.15, -0.1) is 10.2 Å². The Morgan fingerprint density at radius 1 is 1.03 bits per heavy atom. The first-order valence-corrected chi connectivity index (χ1v) is 9.84. The zero-order valence-electron chi connectivity index (χ0n) is 16.3. The lowest BCUT2D eigenvalue weighted by atomic mass is 9.98. The number of halogens is 1. The third-order valence-corrected chi connectivity index (χ3v) is 5.24. The summed E-state index contributed by atoms with van der Waals surface area (Å²) < 4.78 is 13.4. The van der Waals surface area contributed by atoms with E-state index in [1.165, 1.54) is 12.1 Å². The van der Waals surface area contributed by atoms with E-state index in [-0.39, 0.29) is 11.7 Å². The van der Waals surface area contributed by atoms with Gasteiger partial charge >= 0.3 is 0 Å². The van der Waals surface area contributed by atoms with E-state index in [9.17, 15) is 9.18 Å². The monoisotopic (exact) mass is 390 g/mol. The minimum atomic E-state index is -0.309. The smallest absolute Gasteiger partial charge is 0.253 e. The van der Waals surface area contributed by atoms with Crippen LogP contribution in [0.5, 0.6) is 0 Å². The van der Waals surface area contributed by atoms with Crippen LogP contribution in [0.4, 0.5) is 15.9 Å². The molecule has 0 unspecified atom stereocenters. The predicted octanol–water partition coefficient (Wildman–Crippen LogP) is 4.90. The van der Waals surface area contributed by atoms with Crippen LogP contribution < -0.4 is 5.32 Å². The highest BCUT2D eigenvalue weighted by Gasteiger charge is 2.21. The molecule has 1 aliphatic rings. The van der Waals surface area contributed by atoms with Gasteiger partial charge in [0.1, 0.15) is 5.82 Å². The van der Waals surface area contributed by atoms with Crippen LogP contribution in [0.15, 0.2) is 60.7 Å². The third-order valence-electron chi connectivity index (χ3n) is 5.24.